The number of thioether (sulfide) groups is 1. The molecule has 0 radical (unpaired) electrons. The van der Waals surface area contributed by atoms with E-state index < -0.39 is 144 Å². The number of aliphatic imine (C=N–C) groups is 1. The van der Waals surface area contributed by atoms with Gasteiger partial charge in [0.05, 0.1) is 12.5 Å². The van der Waals surface area contributed by atoms with E-state index >= 15 is 0 Å². The van der Waals surface area contributed by atoms with Gasteiger partial charge in [-0.1, -0.05) is 80.4 Å². The number of hydrogen-bond donors (Lipinski definition) is 15. The second-order valence-electron chi connectivity index (χ2n) is 20.6. The third-order valence-corrected chi connectivity index (χ3v) is 13.7. The van der Waals surface area contributed by atoms with Crippen molar-refractivity contribution in [2.75, 3.05) is 18.6 Å². The van der Waals surface area contributed by atoms with Gasteiger partial charge in [-0.25, -0.2) is 4.79 Å². The van der Waals surface area contributed by atoms with Crippen LogP contribution in [0.2, 0.25) is 0 Å². The number of carbonyl (C=O) groups is 11. The molecule has 0 fully saturated rings. The van der Waals surface area contributed by atoms with Crippen LogP contribution in [0.25, 0.3) is 0 Å². The smallest absolute Gasteiger partial charge is 0.326 e. The van der Waals surface area contributed by atoms with Crippen LogP contribution in [0.5, 0.6) is 5.75 Å². The first-order valence-electron chi connectivity index (χ1n) is 26.7. The van der Waals surface area contributed by atoms with Gasteiger partial charge in [0.1, 0.15) is 54.1 Å². The highest BCUT2D eigenvalue weighted by molar-refractivity contribution is 7.98. The Labute approximate surface area is 471 Å². The monoisotopic (exact) mass is 1150 g/mol. The molecule has 0 saturated carbocycles. The molecule has 9 amide bonds. The van der Waals surface area contributed by atoms with Crippen molar-refractivity contribution in [1.82, 2.24) is 42.5 Å². The van der Waals surface area contributed by atoms with E-state index in [4.69, 9.17) is 28.0 Å². The van der Waals surface area contributed by atoms with Gasteiger partial charge in [-0.2, -0.15) is 11.8 Å². The Morgan fingerprint density at radius 1 is 0.575 bits per heavy atom. The minimum atomic E-state index is -1.50. The number of aliphatic carboxylic acids is 2. The van der Waals surface area contributed by atoms with Gasteiger partial charge in [0.2, 0.25) is 53.2 Å². The molecule has 28 heteroatoms. The van der Waals surface area contributed by atoms with E-state index in [0.29, 0.717) is 24.2 Å². The topological polar surface area (TPSA) is 461 Å². The number of aromatic hydroxyl groups is 1. The lowest BCUT2D eigenvalue weighted by Gasteiger charge is -2.31. The van der Waals surface area contributed by atoms with E-state index in [-0.39, 0.29) is 69.1 Å². The summed E-state index contributed by atoms with van der Waals surface area (Å²) in [6.45, 7) is 13.7. The maximum atomic E-state index is 14.4. The van der Waals surface area contributed by atoms with Crippen molar-refractivity contribution in [1.29, 1.82) is 0 Å². The van der Waals surface area contributed by atoms with Crippen LogP contribution in [0.4, 0.5) is 0 Å². The van der Waals surface area contributed by atoms with Gasteiger partial charge < -0.3 is 80.8 Å². The SMILES string of the molecule is CC[C@H](C)[C@H](NC(=O)[C@H](CC(C)C)NC(=O)[C@H](CCCN=C(N)N)NC(=O)[C@@H](NC(=O)[C@@H](NC(=O)[C@@H](N)CC(=O)O)C(C)C)[C@@H](C)CC)C(=O)N[C@@H](CCSC)C(=O)N[C@@H](CCC(N)=O)C(=O)N[C@@H](Cc1ccc(O)cc1)C(=O)O. The summed E-state index contributed by atoms with van der Waals surface area (Å²) in [6.07, 6.45) is 0.977. The first-order valence-corrected chi connectivity index (χ1v) is 28.1. The molecule has 19 N–H and O–H groups in total. The van der Waals surface area contributed by atoms with Crippen LogP contribution in [0.3, 0.4) is 0 Å². The number of phenolic OH excluding ortho intramolecular Hbond substituents is 1. The van der Waals surface area contributed by atoms with Crippen LogP contribution in [0.1, 0.15) is 119 Å². The average molecular weight is 1150 g/mol. The normalized spacial score (nSPS) is 15.3. The Kier molecular flexibility index (Phi) is 32.0. The Bertz CT molecular complexity index is 2290. The summed E-state index contributed by atoms with van der Waals surface area (Å²) in [5.74, 6) is -12.1. The van der Waals surface area contributed by atoms with E-state index in [2.05, 4.69) is 47.5 Å². The number of guanidine groups is 1. The third-order valence-electron chi connectivity index (χ3n) is 13.0. The molecule has 0 unspecified atom stereocenters. The van der Waals surface area contributed by atoms with Crippen molar-refractivity contribution in [2.24, 2.45) is 51.6 Å². The summed E-state index contributed by atoms with van der Waals surface area (Å²) in [5.41, 5.74) is 22.6. The second kappa shape index (κ2) is 36.1. The zero-order valence-corrected chi connectivity index (χ0v) is 48.1. The van der Waals surface area contributed by atoms with Gasteiger partial charge in [-0.3, -0.25) is 52.9 Å². The van der Waals surface area contributed by atoms with Crippen molar-refractivity contribution in [3.05, 3.63) is 29.8 Å². The minimum Gasteiger partial charge on any atom is -0.508 e. The van der Waals surface area contributed by atoms with Crippen molar-refractivity contribution >= 4 is 82.8 Å². The highest BCUT2D eigenvalue weighted by Gasteiger charge is 2.38. The lowest BCUT2D eigenvalue weighted by molar-refractivity contribution is -0.142. The highest BCUT2D eigenvalue weighted by atomic mass is 32.2. The maximum absolute atomic E-state index is 14.4. The molecule has 80 heavy (non-hydrogen) atoms. The fraction of sp³-hybridized carbons (Fsp3) is 0.654. The van der Waals surface area contributed by atoms with E-state index in [0.717, 1.165) is 0 Å². The van der Waals surface area contributed by atoms with Gasteiger partial charge >= 0.3 is 11.9 Å². The molecule has 1 aromatic rings. The number of carbonyl (C=O) groups excluding carboxylic acids is 9. The molecule has 0 aliphatic rings. The predicted octanol–water partition coefficient (Wildman–Crippen LogP) is -1.43. The first-order chi connectivity index (χ1) is 37.4. The number of hydrogen-bond acceptors (Lipinski definition) is 15. The number of phenols is 1. The average Bonchev–Trinajstić information content (AvgIpc) is 3.38. The summed E-state index contributed by atoms with van der Waals surface area (Å²) in [6, 6.07) is -6.65. The molecule has 450 valence electrons. The molecule has 0 saturated heterocycles. The van der Waals surface area contributed by atoms with Crippen LogP contribution in [-0.4, -0.2) is 159 Å². The van der Waals surface area contributed by atoms with Gasteiger partial charge in [0.25, 0.3) is 0 Å². The lowest BCUT2D eigenvalue weighted by Crippen LogP contribution is -2.62. The lowest BCUT2D eigenvalue weighted by atomic mass is 9.95. The Morgan fingerprint density at radius 2 is 1.01 bits per heavy atom. The molecule has 0 aliphatic carbocycles. The minimum absolute atomic E-state index is 0.0186. The zero-order valence-electron chi connectivity index (χ0n) is 47.3. The number of nitrogens with two attached hydrogens (primary N) is 4. The number of carboxylic acid groups (broad SMARTS) is 2. The molecule has 0 aliphatic heterocycles. The van der Waals surface area contributed by atoms with Crippen molar-refractivity contribution in [3.63, 3.8) is 0 Å². The second-order valence-corrected chi connectivity index (χ2v) is 21.5. The van der Waals surface area contributed by atoms with Gasteiger partial charge in [0.15, 0.2) is 5.96 Å². The quantitative estimate of drug-likeness (QED) is 0.0205. The number of benzene rings is 1. The summed E-state index contributed by atoms with van der Waals surface area (Å²) in [4.78, 5) is 151. The Balaban J connectivity index is 3.57. The van der Waals surface area contributed by atoms with E-state index in [1.54, 1.807) is 61.6 Å². The van der Waals surface area contributed by atoms with Crippen LogP contribution >= 0.6 is 11.8 Å². The number of nitrogens with zero attached hydrogens (tertiary/aromatic N) is 1. The van der Waals surface area contributed by atoms with E-state index in [9.17, 15) is 63.0 Å². The van der Waals surface area contributed by atoms with E-state index in [1.165, 1.54) is 36.0 Å². The molecule has 11 atom stereocenters. The summed E-state index contributed by atoms with van der Waals surface area (Å²) in [5, 5.41) is 49.7. The van der Waals surface area contributed by atoms with Crippen molar-refractivity contribution in [3.8, 4) is 5.75 Å². The molecular weight excluding hydrogens is 1060 g/mol. The molecule has 0 spiro atoms. The number of carboxylic acids is 2. The number of amides is 9. The summed E-state index contributed by atoms with van der Waals surface area (Å²) in [7, 11) is 0. The highest BCUT2D eigenvalue weighted by Crippen LogP contribution is 2.16. The Hall–Kier alpha value is -7.23. The first kappa shape index (κ1) is 70.8. The van der Waals surface area contributed by atoms with E-state index in [1.807, 2.05) is 0 Å². The predicted molar refractivity (Wildman–Crippen MR) is 300 cm³/mol. The zero-order chi connectivity index (χ0) is 61.0. The van der Waals surface area contributed by atoms with Crippen LogP contribution in [-0.2, 0) is 59.2 Å². The molecule has 1 rings (SSSR count). The largest absolute Gasteiger partial charge is 0.508 e. The standard InChI is InChI=1S/C52H87N13O14S/c1-10-28(7)41(49(76)60-35(20-22-80-9)46(73)58-34(18-19-38(54)67)45(72)62-37(51(78)79)24-30-14-16-31(66)17-15-30)64-47(74)36(23-26(3)4)61-44(71)33(13-12-21-57-52(55)56)59-50(77)42(29(8)11-2)65-48(75)40(27(5)6)63-43(70)32(53)25-39(68)69/h14-17,26-29,32-37,40-42,66H,10-13,18-25,53H2,1-9H3,(H2,54,67)(H,58,73)(H,59,77)(H,60,76)(H,61,71)(H,62,72)(H,63,70)(H,64,74)(H,65,75)(H,68,69)(H,78,79)(H4,55,56,57)/t28-,29-,32-,33-,34-,35-,36-,37-,40-,41-,42-/m0/s1. The summed E-state index contributed by atoms with van der Waals surface area (Å²) >= 11 is 1.34. The van der Waals surface area contributed by atoms with Crippen LogP contribution in [0, 0.1) is 23.7 Å². The van der Waals surface area contributed by atoms with Gasteiger partial charge in [-0.05, 0) is 85.5 Å². The third kappa shape index (κ3) is 26.2. The van der Waals surface area contributed by atoms with Crippen molar-refractivity contribution < 1.29 is 68.1 Å². The van der Waals surface area contributed by atoms with Crippen molar-refractivity contribution in [2.45, 2.75) is 174 Å². The summed E-state index contributed by atoms with van der Waals surface area (Å²) < 4.78 is 0. The van der Waals surface area contributed by atoms with Crippen LogP contribution in [0.15, 0.2) is 29.3 Å². The number of nitrogens with one attached hydrogen (secondary N) is 8. The van der Waals surface area contributed by atoms with Crippen LogP contribution < -0.4 is 65.5 Å². The molecular formula is C52H87N13O14S. The number of rotatable bonds is 38. The molecule has 0 bridgehead atoms. The molecule has 0 aromatic heterocycles. The molecule has 0 heterocycles. The molecule has 1 aromatic carbocycles. The van der Waals surface area contributed by atoms with Gasteiger partial charge in [-0.15, -0.1) is 0 Å². The van der Waals surface area contributed by atoms with Gasteiger partial charge in [0, 0.05) is 19.4 Å². The fourth-order valence-corrected chi connectivity index (χ4v) is 8.39. The number of primary amides is 1. The maximum Gasteiger partial charge on any atom is 0.326 e. The fourth-order valence-electron chi connectivity index (χ4n) is 7.92. The Morgan fingerprint density at radius 3 is 1.46 bits per heavy atom. The molecule has 27 nitrogen and oxygen atoms in total.